The number of carboxylic acid groups (broad SMARTS) is 1. The van der Waals surface area contributed by atoms with E-state index in [1.165, 1.54) is 11.8 Å². The van der Waals surface area contributed by atoms with Gasteiger partial charge in [0.15, 0.2) is 0 Å². The van der Waals surface area contributed by atoms with Crippen LogP contribution in [0.2, 0.25) is 0 Å². The maximum atomic E-state index is 12.8. The fourth-order valence-electron chi connectivity index (χ4n) is 2.60. The fourth-order valence-corrected chi connectivity index (χ4v) is 3.33. The molecule has 2 aromatic carbocycles. The number of carbonyl (C=O) groups is 2. The molecule has 7 nitrogen and oxygen atoms in total. The van der Waals surface area contributed by atoms with Crippen LogP contribution in [-0.4, -0.2) is 43.5 Å². The molecular formula is C19H20N2O5S2. The summed E-state index contributed by atoms with van der Waals surface area (Å²) in [7, 11) is -2.52. The van der Waals surface area contributed by atoms with Crippen molar-refractivity contribution in [3.05, 3.63) is 59.7 Å². The van der Waals surface area contributed by atoms with Crippen molar-refractivity contribution < 1.29 is 23.1 Å². The number of rotatable bonds is 9. The van der Waals surface area contributed by atoms with Gasteiger partial charge in [-0.1, -0.05) is 36.4 Å². The molecule has 0 aliphatic heterocycles. The first kappa shape index (κ1) is 21.6. The maximum Gasteiger partial charge on any atom is 0.326 e. The smallest absolute Gasteiger partial charge is 0.326 e. The van der Waals surface area contributed by atoms with E-state index in [-0.39, 0.29) is 6.54 Å². The van der Waals surface area contributed by atoms with Gasteiger partial charge in [0.25, 0.3) is 5.91 Å². The Labute approximate surface area is 168 Å². The minimum absolute atomic E-state index is 0.0384. The number of aliphatic carboxylic acids is 1. The molecule has 0 radical (unpaired) electrons. The first-order chi connectivity index (χ1) is 13.4. The van der Waals surface area contributed by atoms with E-state index in [9.17, 15) is 23.1 Å². The predicted molar refractivity (Wildman–Crippen MR) is 109 cm³/mol. The van der Waals surface area contributed by atoms with Gasteiger partial charge in [-0.05, 0) is 47.3 Å². The molecule has 2 N–H and O–H groups in total. The van der Waals surface area contributed by atoms with E-state index >= 15 is 0 Å². The van der Waals surface area contributed by atoms with Crippen molar-refractivity contribution in [2.75, 3.05) is 12.0 Å². The molecule has 0 heterocycles. The van der Waals surface area contributed by atoms with Crippen molar-refractivity contribution in [1.29, 1.82) is 0 Å². The molecule has 0 aliphatic carbocycles. The number of nitrogens with zero attached hydrogens (tertiary/aromatic N) is 1. The van der Waals surface area contributed by atoms with Gasteiger partial charge >= 0.3 is 16.5 Å². The molecule has 2 rings (SSSR count). The van der Waals surface area contributed by atoms with E-state index in [1.54, 1.807) is 18.2 Å². The standard InChI is InChI=1S/C19H20N2O5S2/c1-27-10-9-17(19(23)24)21-18(22)15-8-7-13(12-20-28(25)26)11-16(15)14-5-3-2-4-6-14/h2-8,11,17H,9-10,12H2,1H3,(H,21,22)(H,23,24). The zero-order chi connectivity index (χ0) is 20.5. The van der Waals surface area contributed by atoms with Crippen molar-refractivity contribution in [2.24, 2.45) is 4.36 Å². The number of nitrogens with one attached hydrogen (secondary N) is 1. The number of hydrogen-bond acceptors (Lipinski definition) is 6. The molecule has 28 heavy (non-hydrogen) atoms. The highest BCUT2D eigenvalue weighted by Gasteiger charge is 2.22. The SMILES string of the molecule is CSCCC(NC(=O)c1ccc(CN=S(=O)=O)cc1-c1ccccc1)C(=O)O. The summed E-state index contributed by atoms with van der Waals surface area (Å²) in [4.78, 5) is 24.2. The van der Waals surface area contributed by atoms with Gasteiger partial charge in [-0.3, -0.25) is 4.79 Å². The van der Waals surface area contributed by atoms with Gasteiger partial charge in [0, 0.05) is 5.56 Å². The van der Waals surface area contributed by atoms with E-state index < -0.39 is 28.4 Å². The number of thioether (sulfide) groups is 1. The summed E-state index contributed by atoms with van der Waals surface area (Å²) in [6.45, 7) is -0.0384. The first-order valence-corrected chi connectivity index (χ1v) is 10.8. The fraction of sp³-hybridized carbons (Fsp3) is 0.263. The molecule has 0 aromatic heterocycles. The summed E-state index contributed by atoms with van der Waals surface area (Å²) >= 11 is 1.50. The number of carboxylic acids is 1. The lowest BCUT2D eigenvalue weighted by Gasteiger charge is -2.16. The van der Waals surface area contributed by atoms with Crippen LogP contribution in [0.25, 0.3) is 11.1 Å². The molecule has 0 aliphatic rings. The van der Waals surface area contributed by atoms with Gasteiger partial charge in [0.2, 0.25) is 0 Å². The zero-order valence-electron chi connectivity index (χ0n) is 15.2. The first-order valence-electron chi connectivity index (χ1n) is 8.40. The summed E-state index contributed by atoms with van der Waals surface area (Å²) in [5.41, 5.74) is 2.27. The molecule has 0 saturated carbocycles. The quantitative estimate of drug-likeness (QED) is 0.645. The molecule has 1 amide bonds. The van der Waals surface area contributed by atoms with Crippen molar-refractivity contribution in [3.63, 3.8) is 0 Å². The van der Waals surface area contributed by atoms with Gasteiger partial charge in [-0.15, -0.1) is 0 Å². The van der Waals surface area contributed by atoms with E-state index in [0.29, 0.717) is 28.9 Å². The molecule has 1 atom stereocenters. The van der Waals surface area contributed by atoms with Gasteiger partial charge in [-0.2, -0.15) is 24.5 Å². The normalized spacial score (nSPS) is 11.5. The average molecular weight is 421 g/mol. The monoisotopic (exact) mass is 420 g/mol. The second-order valence-corrected chi connectivity index (χ2v) is 7.57. The number of hydrogen-bond donors (Lipinski definition) is 2. The van der Waals surface area contributed by atoms with Crippen LogP contribution >= 0.6 is 11.8 Å². The summed E-state index contributed by atoms with van der Waals surface area (Å²) in [6.07, 6.45) is 2.18. The van der Waals surface area contributed by atoms with Crippen molar-refractivity contribution in [2.45, 2.75) is 19.0 Å². The molecular weight excluding hydrogens is 400 g/mol. The lowest BCUT2D eigenvalue weighted by atomic mass is 9.96. The molecule has 1 unspecified atom stereocenters. The summed E-state index contributed by atoms with van der Waals surface area (Å²) in [5, 5.41) is 11.9. The van der Waals surface area contributed by atoms with Crippen LogP contribution in [0.3, 0.4) is 0 Å². The van der Waals surface area contributed by atoms with E-state index in [4.69, 9.17) is 0 Å². The maximum absolute atomic E-state index is 12.8. The molecule has 2 aromatic rings. The lowest BCUT2D eigenvalue weighted by Crippen LogP contribution is -2.41. The Balaban J connectivity index is 2.40. The van der Waals surface area contributed by atoms with E-state index in [0.717, 1.165) is 5.56 Å². The Hall–Kier alpha value is -2.65. The van der Waals surface area contributed by atoms with Crippen LogP contribution in [0.1, 0.15) is 22.3 Å². The highest BCUT2D eigenvalue weighted by molar-refractivity contribution is 7.98. The molecule has 148 valence electrons. The number of benzene rings is 2. The van der Waals surface area contributed by atoms with Gasteiger partial charge in [0.05, 0.1) is 6.54 Å². The highest BCUT2D eigenvalue weighted by atomic mass is 32.2. The third kappa shape index (κ3) is 6.21. The highest BCUT2D eigenvalue weighted by Crippen LogP contribution is 2.26. The van der Waals surface area contributed by atoms with Gasteiger partial charge < -0.3 is 10.4 Å². The van der Waals surface area contributed by atoms with Gasteiger partial charge in [0.1, 0.15) is 6.04 Å². The third-order valence-corrected chi connectivity index (χ3v) is 4.96. The Kier molecular flexibility index (Phi) is 8.21. The third-order valence-electron chi connectivity index (χ3n) is 3.98. The Morgan fingerprint density at radius 2 is 1.89 bits per heavy atom. The molecule has 0 fully saturated rings. The second-order valence-electron chi connectivity index (χ2n) is 5.90. The van der Waals surface area contributed by atoms with Crippen LogP contribution in [-0.2, 0) is 21.8 Å². The molecule has 0 saturated heterocycles. The Bertz CT molecular complexity index is 967. The second kappa shape index (κ2) is 10.6. The largest absolute Gasteiger partial charge is 0.480 e. The molecule has 0 bridgehead atoms. The lowest BCUT2D eigenvalue weighted by molar-refractivity contribution is -0.139. The van der Waals surface area contributed by atoms with Crippen molar-refractivity contribution >= 4 is 34.1 Å². The Morgan fingerprint density at radius 3 is 2.50 bits per heavy atom. The Morgan fingerprint density at radius 1 is 1.18 bits per heavy atom. The molecule has 0 spiro atoms. The van der Waals surface area contributed by atoms with Crippen LogP contribution in [0.15, 0.2) is 52.9 Å². The minimum atomic E-state index is -2.52. The molecule has 9 heteroatoms. The van der Waals surface area contributed by atoms with Crippen LogP contribution < -0.4 is 5.32 Å². The summed E-state index contributed by atoms with van der Waals surface area (Å²) in [5.74, 6) is -0.976. The average Bonchev–Trinajstić information content (AvgIpc) is 2.69. The van der Waals surface area contributed by atoms with Crippen LogP contribution in [0.4, 0.5) is 0 Å². The van der Waals surface area contributed by atoms with E-state index in [1.807, 2.05) is 36.6 Å². The zero-order valence-corrected chi connectivity index (χ0v) is 16.8. The van der Waals surface area contributed by atoms with E-state index in [2.05, 4.69) is 9.68 Å². The van der Waals surface area contributed by atoms with Crippen LogP contribution in [0.5, 0.6) is 0 Å². The predicted octanol–water partition coefficient (Wildman–Crippen LogP) is 2.85. The number of carbonyl (C=O) groups excluding carboxylic acids is 1. The minimum Gasteiger partial charge on any atom is -0.480 e. The number of amides is 1. The van der Waals surface area contributed by atoms with Gasteiger partial charge in [-0.25, -0.2) is 4.79 Å². The summed E-state index contributed by atoms with van der Waals surface area (Å²) in [6, 6.07) is 13.0. The summed E-state index contributed by atoms with van der Waals surface area (Å²) < 4.78 is 24.8. The topological polar surface area (TPSA) is 113 Å². The van der Waals surface area contributed by atoms with Crippen LogP contribution in [0, 0.1) is 0 Å². The van der Waals surface area contributed by atoms with Crippen molar-refractivity contribution in [3.8, 4) is 11.1 Å². The van der Waals surface area contributed by atoms with Crippen molar-refractivity contribution in [1.82, 2.24) is 5.32 Å².